The third kappa shape index (κ3) is 4.11. The van der Waals surface area contributed by atoms with Crippen molar-refractivity contribution in [3.8, 4) is 28.6 Å². The molecule has 2 heterocycles. The van der Waals surface area contributed by atoms with E-state index in [1.54, 1.807) is 22.8 Å². The molecule has 0 amide bonds. The number of aromatic hydroxyl groups is 1. The number of nitrogens with zero attached hydrogens (tertiary/aromatic N) is 2. The van der Waals surface area contributed by atoms with Gasteiger partial charge in [-0.3, -0.25) is 9.36 Å². The highest BCUT2D eigenvalue weighted by Gasteiger charge is 2.20. The van der Waals surface area contributed by atoms with Gasteiger partial charge < -0.3 is 14.8 Å². The normalized spacial score (nSPS) is 11.1. The molecule has 0 saturated heterocycles. The van der Waals surface area contributed by atoms with Crippen molar-refractivity contribution in [3.05, 3.63) is 118 Å². The van der Waals surface area contributed by atoms with Gasteiger partial charge in [0.1, 0.15) is 5.69 Å². The summed E-state index contributed by atoms with van der Waals surface area (Å²) in [7, 11) is 1.50. The van der Waals surface area contributed by atoms with Gasteiger partial charge >= 0.3 is 0 Å². The Balaban J connectivity index is 1.62. The van der Waals surface area contributed by atoms with Crippen LogP contribution in [0, 0.1) is 0 Å². The molecule has 6 nitrogen and oxygen atoms in total. The minimum Gasteiger partial charge on any atom is -0.504 e. The first-order chi connectivity index (χ1) is 16.1. The molecule has 2 N–H and O–H groups in total. The zero-order valence-electron chi connectivity index (χ0n) is 18.2. The first-order valence-corrected chi connectivity index (χ1v) is 10.7. The maximum absolute atomic E-state index is 13.3. The van der Waals surface area contributed by atoms with Gasteiger partial charge in [-0.25, -0.2) is 4.98 Å². The van der Waals surface area contributed by atoms with Crippen molar-refractivity contribution < 1.29 is 9.84 Å². The molecule has 0 unspecified atom stereocenters. The highest BCUT2D eigenvalue weighted by Crippen LogP contribution is 2.28. The average Bonchev–Trinajstić information content (AvgIpc) is 3.17. The Morgan fingerprint density at radius 2 is 1.67 bits per heavy atom. The molecule has 3 aromatic carbocycles. The molecule has 0 aromatic heterocycles. The maximum atomic E-state index is 13.3. The van der Waals surface area contributed by atoms with Gasteiger partial charge in [0, 0.05) is 19.0 Å². The van der Waals surface area contributed by atoms with E-state index in [9.17, 15) is 9.90 Å². The van der Waals surface area contributed by atoms with Gasteiger partial charge in [-0.1, -0.05) is 66.7 Å². The number of phenols is 1. The van der Waals surface area contributed by atoms with Crippen LogP contribution in [-0.2, 0) is 12.8 Å². The van der Waals surface area contributed by atoms with Gasteiger partial charge in [0.25, 0.3) is 5.56 Å². The largest absolute Gasteiger partial charge is 0.504 e. The third-order valence-corrected chi connectivity index (χ3v) is 5.67. The Bertz CT molecular complexity index is 1420. The van der Waals surface area contributed by atoms with Crippen LogP contribution in [0.25, 0.3) is 17.1 Å². The smallest absolute Gasteiger partial charge is 0.278 e. The predicted octanol–water partition coefficient (Wildman–Crippen LogP) is 4.56. The number of ether oxygens (including phenoxy) is 1. The summed E-state index contributed by atoms with van der Waals surface area (Å²) in [6.07, 6.45) is 2.77. The standard InChI is InChI=1S/C27H23N3O3/c1-33-25-16-19(12-13-24(25)31)15-22-27(32)30-17-23(20-10-6-3-7-11-20)28-21(26(30)29-22)14-18-8-4-2-5-9-18/h2-13,16-17,28,31H,14-15H2,1H3. The highest BCUT2D eigenvalue weighted by molar-refractivity contribution is 5.60. The molecule has 2 aliphatic rings. The molecule has 0 radical (unpaired) electrons. The van der Waals surface area contributed by atoms with Crippen molar-refractivity contribution >= 4 is 0 Å². The van der Waals surface area contributed by atoms with Gasteiger partial charge in [0.15, 0.2) is 17.3 Å². The zero-order valence-corrected chi connectivity index (χ0v) is 18.2. The van der Waals surface area contributed by atoms with E-state index in [0.29, 0.717) is 30.1 Å². The first kappa shape index (κ1) is 20.6. The summed E-state index contributed by atoms with van der Waals surface area (Å²) >= 11 is 0. The van der Waals surface area contributed by atoms with Crippen LogP contribution in [0.2, 0.25) is 0 Å². The Morgan fingerprint density at radius 1 is 0.939 bits per heavy atom. The van der Waals surface area contributed by atoms with E-state index in [-0.39, 0.29) is 11.3 Å². The molecule has 0 aliphatic carbocycles. The van der Waals surface area contributed by atoms with Gasteiger partial charge in [-0.2, -0.15) is 0 Å². The lowest BCUT2D eigenvalue weighted by Crippen LogP contribution is -2.17. The predicted molar refractivity (Wildman–Crippen MR) is 128 cm³/mol. The molecule has 2 aliphatic heterocycles. The molecular formula is C27H23N3O3. The van der Waals surface area contributed by atoms with E-state index in [4.69, 9.17) is 9.72 Å². The summed E-state index contributed by atoms with van der Waals surface area (Å²) in [6, 6.07) is 25.1. The number of fused-ring (bicyclic) bond motifs is 1. The van der Waals surface area contributed by atoms with Gasteiger partial charge in [0.2, 0.25) is 0 Å². The van der Waals surface area contributed by atoms with Crippen LogP contribution in [0.3, 0.4) is 0 Å². The molecule has 33 heavy (non-hydrogen) atoms. The van der Waals surface area contributed by atoms with Crippen LogP contribution in [0.1, 0.15) is 22.5 Å². The quantitative estimate of drug-likeness (QED) is 0.408. The second-order valence-corrected chi connectivity index (χ2v) is 7.91. The lowest BCUT2D eigenvalue weighted by atomic mass is 10.1. The number of hydrogen-bond acceptors (Lipinski definition) is 4. The monoisotopic (exact) mass is 437 g/mol. The number of imidazole rings is 1. The number of methoxy groups -OCH3 is 1. The van der Waals surface area contributed by atoms with Crippen LogP contribution in [-0.4, -0.2) is 26.8 Å². The fraction of sp³-hybridized carbons (Fsp3) is 0.111. The molecule has 0 fully saturated rings. The third-order valence-electron chi connectivity index (χ3n) is 5.67. The van der Waals surface area contributed by atoms with Crippen LogP contribution in [0.5, 0.6) is 11.5 Å². The first-order valence-electron chi connectivity index (χ1n) is 10.7. The fourth-order valence-electron chi connectivity index (χ4n) is 4.01. The summed E-state index contributed by atoms with van der Waals surface area (Å²) in [6.45, 7) is 0. The summed E-state index contributed by atoms with van der Waals surface area (Å²) in [5.74, 6) is 1.04. The molecule has 0 saturated carbocycles. The minimum absolute atomic E-state index is 0.0610. The summed E-state index contributed by atoms with van der Waals surface area (Å²) in [5.41, 5.74) is 4.96. The summed E-state index contributed by atoms with van der Waals surface area (Å²) in [4.78, 5) is 21.6. The highest BCUT2D eigenvalue weighted by atomic mass is 16.5. The van der Waals surface area contributed by atoms with Gasteiger partial charge in [0.05, 0.1) is 18.5 Å². The van der Waals surface area contributed by atoms with Crippen LogP contribution < -0.4 is 10.3 Å². The number of nitrogens with one attached hydrogen (secondary N) is 1. The number of hydrogen-bond donors (Lipinski definition) is 2. The van der Waals surface area contributed by atoms with Crippen LogP contribution in [0.15, 0.2) is 89.9 Å². The van der Waals surface area contributed by atoms with Crippen molar-refractivity contribution in [1.82, 2.24) is 14.5 Å². The fourth-order valence-corrected chi connectivity index (χ4v) is 4.01. The molecule has 0 atom stereocenters. The van der Waals surface area contributed by atoms with E-state index in [0.717, 1.165) is 28.1 Å². The lowest BCUT2D eigenvalue weighted by Gasteiger charge is -2.13. The molecule has 164 valence electrons. The van der Waals surface area contributed by atoms with Crippen molar-refractivity contribution in [2.24, 2.45) is 0 Å². The number of aromatic amines is 1. The van der Waals surface area contributed by atoms with E-state index in [2.05, 4.69) is 17.1 Å². The maximum Gasteiger partial charge on any atom is 0.278 e. The van der Waals surface area contributed by atoms with E-state index >= 15 is 0 Å². The second-order valence-electron chi connectivity index (χ2n) is 7.91. The Labute approximate surface area is 191 Å². The molecule has 3 aromatic rings. The number of benzene rings is 3. The van der Waals surface area contributed by atoms with Gasteiger partial charge in [-0.15, -0.1) is 0 Å². The van der Waals surface area contributed by atoms with Gasteiger partial charge in [-0.05, 0) is 28.8 Å². The molecule has 0 spiro atoms. The van der Waals surface area contributed by atoms with E-state index in [1.165, 1.54) is 7.11 Å². The van der Waals surface area contributed by atoms with Crippen molar-refractivity contribution in [2.75, 3.05) is 7.11 Å². The minimum atomic E-state index is -0.155. The van der Waals surface area contributed by atoms with Crippen LogP contribution >= 0.6 is 0 Å². The van der Waals surface area contributed by atoms with E-state index < -0.39 is 0 Å². The Kier molecular flexibility index (Phi) is 5.40. The Morgan fingerprint density at radius 3 is 2.39 bits per heavy atom. The molecule has 0 bridgehead atoms. The summed E-state index contributed by atoms with van der Waals surface area (Å²) in [5, 5.41) is 9.87. The van der Waals surface area contributed by atoms with Crippen molar-refractivity contribution in [3.63, 3.8) is 0 Å². The van der Waals surface area contributed by atoms with Crippen LogP contribution in [0.4, 0.5) is 0 Å². The number of phenolic OH excluding ortho intramolecular Hbond substituents is 1. The van der Waals surface area contributed by atoms with E-state index in [1.807, 2.05) is 54.7 Å². The zero-order chi connectivity index (χ0) is 22.8. The molecular weight excluding hydrogens is 414 g/mol. The van der Waals surface area contributed by atoms with Crippen molar-refractivity contribution in [1.29, 1.82) is 0 Å². The number of aromatic nitrogens is 3. The lowest BCUT2D eigenvalue weighted by molar-refractivity contribution is 0.373. The summed E-state index contributed by atoms with van der Waals surface area (Å²) < 4.78 is 6.83. The van der Waals surface area contributed by atoms with Crippen molar-refractivity contribution in [2.45, 2.75) is 12.8 Å². The SMILES string of the molecule is COc1cc(Cc2nc3c(Cc4ccccc4)[nH]c(-c4ccccc4)cn-3c2=O)ccc1O. The second kappa shape index (κ2) is 8.67. The number of H-pyrrole nitrogens is 1. The molecule has 5 rings (SSSR count). The Hall–Kier alpha value is -4.32. The topological polar surface area (TPSA) is 80.1 Å². The number of rotatable bonds is 6. The average molecular weight is 437 g/mol. The molecule has 6 heteroatoms.